The molecule has 2 aromatic rings. The molecule has 128 valence electrons. The van der Waals surface area contributed by atoms with Crippen LogP contribution in [0.4, 0.5) is 4.39 Å². The van der Waals surface area contributed by atoms with Crippen LogP contribution in [-0.2, 0) is 15.2 Å². The molecule has 9 heteroatoms. The van der Waals surface area contributed by atoms with E-state index in [0.29, 0.717) is 10.6 Å². The van der Waals surface area contributed by atoms with Gasteiger partial charge in [0.1, 0.15) is 11.4 Å². The van der Waals surface area contributed by atoms with Gasteiger partial charge in [-0.2, -0.15) is 0 Å². The zero-order valence-corrected chi connectivity index (χ0v) is 15.5. The number of hydrogen-bond donors (Lipinski definition) is 1. The highest BCUT2D eigenvalue weighted by Gasteiger charge is 2.39. The van der Waals surface area contributed by atoms with Crippen molar-refractivity contribution in [1.82, 2.24) is 9.29 Å². The van der Waals surface area contributed by atoms with E-state index in [1.807, 2.05) is 6.92 Å². The Labute approximate surface area is 149 Å². The molecule has 1 aliphatic heterocycles. The van der Waals surface area contributed by atoms with Crippen molar-refractivity contribution in [3.05, 3.63) is 40.2 Å². The summed E-state index contributed by atoms with van der Waals surface area (Å²) in [6.07, 6.45) is 2.70. The van der Waals surface area contributed by atoms with E-state index >= 15 is 0 Å². The number of thiophene rings is 1. The summed E-state index contributed by atoms with van der Waals surface area (Å²) in [6.45, 7) is 1.82. The Morgan fingerprint density at radius 2 is 2.21 bits per heavy atom. The van der Waals surface area contributed by atoms with Crippen LogP contribution in [0.25, 0.3) is 10.4 Å². The van der Waals surface area contributed by atoms with Crippen molar-refractivity contribution in [3.63, 3.8) is 0 Å². The van der Waals surface area contributed by atoms with Crippen molar-refractivity contribution in [2.45, 2.75) is 12.5 Å². The van der Waals surface area contributed by atoms with Gasteiger partial charge >= 0.3 is 0 Å². The number of aromatic nitrogens is 1. The molecule has 2 aromatic heterocycles. The van der Waals surface area contributed by atoms with Gasteiger partial charge in [0, 0.05) is 23.7 Å². The van der Waals surface area contributed by atoms with Gasteiger partial charge in [0.15, 0.2) is 0 Å². The fraction of sp³-hybridized carbons (Fsp3) is 0.267. The lowest BCUT2D eigenvalue weighted by Crippen LogP contribution is -2.50. The van der Waals surface area contributed by atoms with Gasteiger partial charge in [-0.1, -0.05) is 11.6 Å². The van der Waals surface area contributed by atoms with Crippen LogP contribution < -0.4 is 5.73 Å². The number of aliphatic imine (C=N–C) groups is 1. The van der Waals surface area contributed by atoms with E-state index < -0.39 is 21.1 Å². The van der Waals surface area contributed by atoms with Crippen molar-refractivity contribution in [3.8, 4) is 10.4 Å². The van der Waals surface area contributed by atoms with Crippen molar-refractivity contribution in [1.29, 1.82) is 0 Å². The minimum Gasteiger partial charge on any atom is -0.369 e. The summed E-state index contributed by atoms with van der Waals surface area (Å²) in [4.78, 5) is 9.81. The van der Waals surface area contributed by atoms with Crippen molar-refractivity contribution in [2.75, 3.05) is 12.8 Å². The minimum absolute atomic E-state index is 0.155. The molecule has 0 bridgehead atoms. The Kier molecular flexibility index (Phi) is 4.09. The van der Waals surface area contributed by atoms with Gasteiger partial charge in [-0.3, -0.25) is 9.29 Å². The van der Waals surface area contributed by atoms with Crippen LogP contribution in [-0.4, -0.2) is 38.1 Å². The zero-order chi connectivity index (χ0) is 17.7. The number of guanidine groups is 1. The summed E-state index contributed by atoms with van der Waals surface area (Å²) in [5.41, 5.74) is 5.68. The number of pyridine rings is 1. The second-order valence-corrected chi connectivity index (χ2v) is 9.68. The first-order valence-corrected chi connectivity index (χ1v) is 10.0. The van der Waals surface area contributed by atoms with Gasteiger partial charge in [-0.15, -0.1) is 11.3 Å². The third-order valence-electron chi connectivity index (χ3n) is 3.85. The Morgan fingerprint density at radius 1 is 1.50 bits per heavy atom. The molecule has 0 radical (unpaired) electrons. The van der Waals surface area contributed by atoms with Gasteiger partial charge in [-0.05, 0) is 24.9 Å². The topological polar surface area (TPSA) is 71.6 Å². The Balaban J connectivity index is 2.11. The molecule has 1 aliphatic rings. The molecule has 5 nitrogen and oxygen atoms in total. The minimum atomic E-state index is -2.59. The second kappa shape index (κ2) is 5.72. The summed E-state index contributed by atoms with van der Waals surface area (Å²) < 4.78 is 27.5. The lowest BCUT2D eigenvalue weighted by atomic mass is 10.0. The van der Waals surface area contributed by atoms with Crippen LogP contribution in [0.15, 0.2) is 29.5 Å². The summed E-state index contributed by atoms with van der Waals surface area (Å²) >= 11 is 7.75. The molecule has 0 fully saturated rings. The molecular formula is C15H16ClFN4OS2. The highest BCUT2D eigenvalue weighted by Crippen LogP contribution is 2.44. The lowest BCUT2D eigenvalue weighted by Gasteiger charge is -2.36. The van der Waals surface area contributed by atoms with Crippen molar-refractivity contribution in [2.24, 2.45) is 10.7 Å². The smallest absolute Gasteiger partial charge is 0.203 e. The first kappa shape index (κ1) is 17.2. The maximum Gasteiger partial charge on any atom is 0.203 e. The molecular weight excluding hydrogens is 371 g/mol. The van der Waals surface area contributed by atoms with Crippen LogP contribution in [0.3, 0.4) is 0 Å². The second-order valence-electron chi connectivity index (χ2n) is 5.84. The third kappa shape index (κ3) is 2.89. The Hall–Kier alpha value is -1.64. The number of nitrogens with two attached hydrogens (primary N) is 1. The monoisotopic (exact) mass is 386 g/mol. The van der Waals surface area contributed by atoms with Gasteiger partial charge in [0.05, 0.1) is 31.6 Å². The molecule has 24 heavy (non-hydrogen) atoms. The molecule has 2 N–H and O–H groups in total. The molecule has 0 saturated heterocycles. The SMILES string of the molecule is C=S1(=O)C[C@@](C)(c2sc(-c3cncc(F)c3)cc2Cl)N=C(N)N1C. The van der Waals surface area contributed by atoms with E-state index in [0.717, 1.165) is 16.0 Å². The van der Waals surface area contributed by atoms with Crippen molar-refractivity contribution >= 4 is 44.5 Å². The van der Waals surface area contributed by atoms with E-state index in [2.05, 4.69) is 15.8 Å². The number of nitrogens with zero attached hydrogens (tertiary/aromatic N) is 3. The summed E-state index contributed by atoms with van der Waals surface area (Å²) in [7, 11) is -0.987. The number of rotatable bonds is 2. The molecule has 0 saturated carbocycles. The van der Waals surface area contributed by atoms with Gasteiger partial charge in [0.2, 0.25) is 5.96 Å². The van der Waals surface area contributed by atoms with Crippen molar-refractivity contribution < 1.29 is 8.60 Å². The molecule has 3 rings (SSSR count). The van der Waals surface area contributed by atoms with Crippen LogP contribution >= 0.6 is 22.9 Å². The fourth-order valence-electron chi connectivity index (χ4n) is 2.60. The number of hydrogen-bond acceptors (Lipinski definition) is 5. The first-order chi connectivity index (χ1) is 11.1. The summed E-state index contributed by atoms with van der Waals surface area (Å²) in [6, 6.07) is 3.12. The third-order valence-corrected chi connectivity index (χ3v) is 7.90. The molecule has 1 unspecified atom stereocenters. The van der Waals surface area contributed by atoms with E-state index in [4.69, 9.17) is 17.3 Å². The lowest BCUT2D eigenvalue weighted by molar-refractivity contribution is 0.522. The Bertz CT molecular complexity index is 941. The van der Waals surface area contributed by atoms with E-state index in [9.17, 15) is 8.60 Å². The summed E-state index contributed by atoms with van der Waals surface area (Å²) in [5, 5.41) is 0.470. The molecule has 2 atom stereocenters. The van der Waals surface area contributed by atoms with Crippen LogP contribution in [0, 0.1) is 5.82 Å². The van der Waals surface area contributed by atoms with Gasteiger partial charge < -0.3 is 5.73 Å². The van der Waals surface area contributed by atoms with Gasteiger partial charge in [-0.25, -0.2) is 13.6 Å². The predicted octanol–water partition coefficient (Wildman–Crippen LogP) is 2.71. The molecule has 0 amide bonds. The summed E-state index contributed by atoms with van der Waals surface area (Å²) in [5.74, 6) is 3.71. The average Bonchev–Trinajstić information content (AvgIpc) is 2.87. The van der Waals surface area contributed by atoms with Crippen LogP contribution in [0.5, 0.6) is 0 Å². The molecule has 3 heterocycles. The zero-order valence-electron chi connectivity index (χ0n) is 13.1. The van der Waals surface area contributed by atoms with E-state index in [-0.39, 0.29) is 11.7 Å². The average molecular weight is 387 g/mol. The van der Waals surface area contributed by atoms with E-state index in [1.165, 1.54) is 21.7 Å². The fourth-order valence-corrected chi connectivity index (χ4v) is 5.97. The highest BCUT2D eigenvalue weighted by molar-refractivity contribution is 7.98. The first-order valence-electron chi connectivity index (χ1n) is 6.97. The largest absolute Gasteiger partial charge is 0.369 e. The number of halogens is 2. The predicted molar refractivity (Wildman–Crippen MR) is 99.4 cm³/mol. The molecule has 0 spiro atoms. The van der Waals surface area contributed by atoms with Gasteiger partial charge in [0.25, 0.3) is 0 Å². The van der Waals surface area contributed by atoms with Crippen LogP contribution in [0.2, 0.25) is 5.02 Å². The normalized spacial score (nSPS) is 27.2. The Morgan fingerprint density at radius 3 is 2.83 bits per heavy atom. The maximum absolute atomic E-state index is 13.4. The van der Waals surface area contributed by atoms with Crippen LogP contribution in [0.1, 0.15) is 11.8 Å². The molecule has 0 aromatic carbocycles. The standard InChI is InChI=1S/C15H16ClFN4OS2/c1-15(8-24(3,22)21(2)14(18)20-15)13-11(16)5-12(23-13)9-4-10(17)7-19-6-9/h4-7H,3,8H2,1-2H3,(H2,18,20)/t15-,24?/m0/s1. The molecule has 0 aliphatic carbocycles. The maximum atomic E-state index is 13.4. The quantitative estimate of drug-likeness (QED) is 0.806. The van der Waals surface area contributed by atoms with E-state index in [1.54, 1.807) is 19.3 Å². The highest BCUT2D eigenvalue weighted by atomic mass is 35.5.